The number of ether oxygens (including phenoxy) is 1. The number of hydrogen-bond donors (Lipinski definition) is 2. The largest absolute Gasteiger partial charge is 0.445 e. The number of nitrogens with one attached hydrogen (secondary N) is 1. The summed E-state index contributed by atoms with van der Waals surface area (Å²) in [5.74, 6) is 0. The maximum absolute atomic E-state index is 12.6. The lowest BCUT2D eigenvalue weighted by molar-refractivity contribution is 0.103. The molecule has 2 atom stereocenters. The van der Waals surface area contributed by atoms with Crippen molar-refractivity contribution in [3.05, 3.63) is 29.6 Å². The van der Waals surface area contributed by atoms with E-state index in [1.54, 1.807) is 11.0 Å². The van der Waals surface area contributed by atoms with Gasteiger partial charge in [0.05, 0.1) is 18.4 Å². The van der Waals surface area contributed by atoms with Gasteiger partial charge in [0.25, 0.3) is 0 Å². The number of H-pyrrole nitrogens is 1. The Morgan fingerprint density at radius 2 is 2.14 bits per heavy atom. The molecule has 2 N–H and O–H groups in total. The first-order valence-electron chi connectivity index (χ1n) is 9.85. The number of aryl methyl sites for hydroxylation is 1. The molecule has 0 bridgehead atoms. The topological polar surface area (TPSA) is 87.7 Å². The van der Waals surface area contributed by atoms with Crippen LogP contribution in [-0.2, 0) is 22.2 Å². The van der Waals surface area contributed by atoms with Crippen molar-refractivity contribution in [2.45, 2.75) is 77.4 Å². The molecule has 1 aliphatic heterocycles. The maximum atomic E-state index is 12.6. The SMILES string of the molecule is C=CCOC(=O)N1C[C@H](O[Si](C)(C)C(C)(C)C)C[C@H]1Cc1n[nH]c(C)c1CO. The van der Waals surface area contributed by atoms with Crippen LogP contribution in [0, 0.1) is 6.92 Å². The molecule has 0 unspecified atom stereocenters. The molecule has 1 aromatic heterocycles. The van der Waals surface area contributed by atoms with E-state index in [9.17, 15) is 9.90 Å². The van der Waals surface area contributed by atoms with Crippen molar-refractivity contribution < 1.29 is 19.1 Å². The number of carbonyl (C=O) groups is 1. The summed E-state index contributed by atoms with van der Waals surface area (Å²) in [5, 5.41) is 17.0. The van der Waals surface area contributed by atoms with E-state index in [1.807, 2.05) is 6.92 Å². The Morgan fingerprint density at radius 3 is 2.71 bits per heavy atom. The van der Waals surface area contributed by atoms with Gasteiger partial charge in [0.15, 0.2) is 8.32 Å². The second kappa shape index (κ2) is 8.80. The zero-order valence-electron chi connectivity index (χ0n) is 18.0. The average Bonchev–Trinajstić information content (AvgIpc) is 3.14. The van der Waals surface area contributed by atoms with Gasteiger partial charge in [-0.3, -0.25) is 5.10 Å². The van der Waals surface area contributed by atoms with Crippen LogP contribution in [0.1, 0.15) is 44.1 Å². The number of hydrogen-bond acceptors (Lipinski definition) is 5. The second-order valence-corrected chi connectivity index (χ2v) is 13.8. The standard InChI is InChI=1S/C20H35N3O4Si/c1-8-9-26-19(25)23-12-16(27-28(6,7)20(3,4)5)10-15(23)11-18-17(13-24)14(2)21-22-18/h8,15-16,24H,1,9-13H2,2-7H3,(H,21,22)/t15-,16+/m0/s1. The summed E-state index contributed by atoms with van der Waals surface area (Å²) in [7, 11) is -1.95. The predicted octanol–water partition coefficient (Wildman–Crippen LogP) is 3.54. The van der Waals surface area contributed by atoms with Crippen LogP contribution in [0.4, 0.5) is 4.79 Å². The van der Waals surface area contributed by atoms with Gasteiger partial charge in [-0.1, -0.05) is 33.4 Å². The second-order valence-electron chi connectivity index (χ2n) is 9.04. The first-order valence-corrected chi connectivity index (χ1v) is 12.8. The van der Waals surface area contributed by atoms with Crippen molar-refractivity contribution >= 4 is 14.4 Å². The van der Waals surface area contributed by atoms with E-state index in [0.717, 1.165) is 23.4 Å². The number of aromatic nitrogens is 2. The molecule has 0 spiro atoms. The van der Waals surface area contributed by atoms with Crippen LogP contribution in [0.3, 0.4) is 0 Å². The van der Waals surface area contributed by atoms with Crippen molar-refractivity contribution in [3.8, 4) is 0 Å². The third-order valence-corrected chi connectivity index (χ3v) is 10.5. The Morgan fingerprint density at radius 1 is 1.46 bits per heavy atom. The van der Waals surface area contributed by atoms with E-state index >= 15 is 0 Å². The van der Waals surface area contributed by atoms with Gasteiger partial charge < -0.3 is 19.2 Å². The Hall–Kier alpha value is -1.64. The summed E-state index contributed by atoms with van der Waals surface area (Å²) in [6.45, 7) is 17.2. The first kappa shape index (κ1) is 22.6. The number of rotatable bonds is 7. The Balaban J connectivity index is 2.19. The molecular formula is C20H35N3O4Si. The normalized spacial score (nSPS) is 20.5. The molecule has 1 amide bonds. The van der Waals surface area contributed by atoms with Gasteiger partial charge in [0.2, 0.25) is 0 Å². The van der Waals surface area contributed by atoms with Crippen molar-refractivity contribution in [2.75, 3.05) is 13.2 Å². The van der Waals surface area contributed by atoms with Crippen molar-refractivity contribution in [1.29, 1.82) is 0 Å². The Bertz CT molecular complexity index is 696. The van der Waals surface area contributed by atoms with Gasteiger partial charge in [0.1, 0.15) is 6.61 Å². The van der Waals surface area contributed by atoms with Gasteiger partial charge in [-0.2, -0.15) is 5.10 Å². The molecule has 0 aliphatic carbocycles. The zero-order valence-corrected chi connectivity index (χ0v) is 19.0. The highest BCUT2D eigenvalue weighted by molar-refractivity contribution is 6.74. The summed E-state index contributed by atoms with van der Waals surface area (Å²) in [5.41, 5.74) is 2.44. The predicted molar refractivity (Wildman–Crippen MR) is 112 cm³/mol. The van der Waals surface area contributed by atoms with Crippen LogP contribution in [0.15, 0.2) is 12.7 Å². The number of aliphatic hydroxyl groups is 1. The quantitative estimate of drug-likeness (QED) is 0.531. The summed E-state index contributed by atoms with van der Waals surface area (Å²) in [6.07, 6.45) is 2.46. The highest BCUT2D eigenvalue weighted by Gasteiger charge is 2.44. The molecule has 8 heteroatoms. The first-order chi connectivity index (χ1) is 13.0. The van der Waals surface area contributed by atoms with Crippen LogP contribution >= 0.6 is 0 Å². The third-order valence-electron chi connectivity index (χ3n) is 5.95. The fourth-order valence-electron chi connectivity index (χ4n) is 3.29. The number of nitrogens with zero attached hydrogens (tertiary/aromatic N) is 2. The van der Waals surface area contributed by atoms with E-state index in [0.29, 0.717) is 13.0 Å². The molecular weight excluding hydrogens is 374 g/mol. The lowest BCUT2D eigenvalue weighted by atomic mass is 10.0. The summed E-state index contributed by atoms with van der Waals surface area (Å²) >= 11 is 0. The van der Waals surface area contributed by atoms with Crippen LogP contribution in [0.2, 0.25) is 18.1 Å². The molecule has 0 aromatic carbocycles. The molecule has 7 nitrogen and oxygen atoms in total. The summed E-state index contributed by atoms with van der Waals surface area (Å²) in [4.78, 5) is 14.3. The average molecular weight is 410 g/mol. The Labute approximate surface area is 169 Å². The monoisotopic (exact) mass is 409 g/mol. The number of likely N-dealkylation sites (tertiary alicyclic amines) is 1. The van der Waals surface area contributed by atoms with E-state index in [1.165, 1.54) is 0 Å². The zero-order chi connectivity index (χ0) is 21.1. The molecule has 28 heavy (non-hydrogen) atoms. The number of amides is 1. The lowest BCUT2D eigenvalue weighted by Crippen LogP contribution is -2.44. The van der Waals surface area contributed by atoms with E-state index in [-0.39, 0.29) is 36.5 Å². The van der Waals surface area contributed by atoms with E-state index in [4.69, 9.17) is 9.16 Å². The highest BCUT2D eigenvalue weighted by atomic mass is 28.4. The summed E-state index contributed by atoms with van der Waals surface area (Å²) in [6, 6.07) is -0.0833. The maximum Gasteiger partial charge on any atom is 0.410 e. The minimum absolute atomic E-state index is 0.0280. The van der Waals surface area contributed by atoms with Gasteiger partial charge >= 0.3 is 6.09 Å². The molecule has 158 valence electrons. The van der Waals surface area contributed by atoms with E-state index < -0.39 is 8.32 Å². The fourth-order valence-corrected chi connectivity index (χ4v) is 4.65. The minimum atomic E-state index is -1.95. The van der Waals surface area contributed by atoms with Crippen LogP contribution in [0.25, 0.3) is 0 Å². The smallest absolute Gasteiger partial charge is 0.410 e. The Kier molecular flexibility index (Phi) is 7.11. The number of aromatic amines is 1. The van der Waals surface area contributed by atoms with Crippen LogP contribution in [-0.4, -0.2) is 59.9 Å². The van der Waals surface area contributed by atoms with Gasteiger partial charge in [-0.25, -0.2) is 4.79 Å². The van der Waals surface area contributed by atoms with Crippen LogP contribution < -0.4 is 0 Å². The molecule has 1 aromatic rings. The molecule has 1 fully saturated rings. The fraction of sp³-hybridized carbons (Fsp3) is 0.700. The minimum Gasteiger partial charge on any atom is -0.445 e. The molecule has 0 radical (unpaired) electrons. The molecule has 2 rings (SSSR count). The summed E-state index contributed by atoms with van der Waals surface area (Å²) < 4.78 is 11.9. The van der Waals surface area contributed by atoms with Gasteiger partial charge in [0, 0.05) is 30.3 Å². The third kappa shape index (κ3) is 5.04. The van der Waals surface area contributed by atoms with Crippen molar-refractivity contribution in [1.82, 2.24) is 15.1 Å². The van der Waals surface area contributed by atoms with E-state index in [2.05, 4.69) is 50.6 Å². The van der Waals surface area contributed by atoms with Crippen molar-refractivity contribution in [2.24, 2.45) is 0 Å². The molecule has 1 saturated heterocycles. The molecule has 1 aliphatic rings. The highest BCUT2D eigenvalue weighted by Crippen LogP contribution is 2.39. The number of aliphatic hydroxyl groups excluding tert-OH is 1. The van der Waals surface area contributed by atoms with Gasteiger partial charge in [-0.05, 0) is 31.5 Å². The molecule has 0 saturated carbocycles. The number of carbonyl (C=O) groups excluding carboxylic acids is 1. The van der Waals surface area contributed by atoms with Crippen molar-refractivity contribution in [3.63, 3.8) is 0 Å². The lowest BCUT2D eigenvalue weighted by Gasteiger charge is -2.38. The van der Waals surface area contributed by atoms with Gasteiger partial charge in [-0.15, -0.1) is 0 Å². The van der Waals surface area contributed by atoms with Crippen LogP contribution in [0.5, 0.6) is 0 Å². The molecule has 2 heterocycles.